The number of amides is 2. The Bertz CT molecular complexity index is 593. The Morgan fingerprint density at radius 3 is 2.38 bits per heavy atom. The highest BCUT2D eigenvalue weighted by Crippen LogP contribution is 2.19. The minimum absolute atomic E-state index is 0.0210. The number of aryl methyl sites for hydroxylation is 2. The molecule has 2 amide bonds. The zero-order valence-electron chi connectivity index (χ0n) is 16.8. The van der Waals surface area contributed by atoms with Gasteiger partial charge in [0.05, 0.1) is 0 Å². The van der Waals surface area contributed by atoms with Gasteiger partial charge in [-0.05, 0) is 81.5 Å². The van der Waals surface area contributed by atoms with Crippen LogP contribution in [-0.2, 0) is 9.59 Å². The fourth-order valence-corrected chi connectivity index (χ4v) is 3.26. The van der Waals surface area contributed by atoms with Crippen molar-refractivity contribution < 1.29 is 9.59 Å². The van der Waals surface area contributed by atoms with Crippen molar-refractivity contribution >= 4 is 30.1 Å². The van der Waals surface area contributed by atoms with Crippen LogP contribution >= 0.6 is 12.6 Å². The molecule has 146 valence electrons. The highest BCUT2D eigenvalue weighted by Gasteiger charge is 2.21. The lowest BCUT2D eigenvalue weighted by Crippen LogP contribution is -2.34. The van der Waals surface area contributed by atoms with Crippen LogP contribution < -0.4 is 10.6 Å². The number of thiol groups is 1. The monoisotopic (exact) mass is 378 g/mol. The van der Waals surface area contributed by atoms with Crippen LogP contribution in [0.4, 0.5) is 5.69 Å². The van der Waals surface area contributed by atoms with E-state index >= 15 is 0 Å². The summed E-state index contributed by atoms with van der Waals surface area (Å²) >= 11 is 4.02. The van der Waals surface area contributed by atoms with E-state index in [2.05, 4.69) is 57.9 Å². The molecule has 0 bridgehead atoms. The molecular weight excluding hydrogens is 344 g/mol. The molecule has 2 rings (SSSR count). The van der Waals surface area contributed by atoms with Gasteiger partial charge in [0.15, 0.2) is 0 Å². The second kappa shape index (κ2) is 11.3. The highest BCUT2D eigenvalue weighted by molar-refractivity contribution is 7.80. The lowest BCUT2D eigenvalue weighted by atomic mass is 10.00. The van der Waals surface area contributed by atoms with E-state index in [1.165, 1.54) is 23.1 Å². The highest BCUT2D eigenvalue weighted by atomic mass is 32.1. The summed E-state index contributed by atoms with van der Waals surface area (Å²) in [5, 5.41) is 5.87. The predicted molar refractivity (Wildman–Crippen MR) is 113 cm³/mol. The van der Waals surface area contributed by atoms with Gasteiger partial charge in [-0.2, -0.15) is 12.6 Å². The lowest BCUT2D eigenvalue weighted by Gasteiger charge is -2.11. The molecule has 2 N–H and O–H groups in total. The second-order valence-electron chi connectivity index (χ2n) is 7.20. The van der Waals surface area contributed by atoms with Gasteiger partial charge < -0.3 is 10.6 Å². The first-order valence-electron chi connectivity index (χ1n) is 9.57. The molecule has 2 atom stereocenters. The molecule has 26 heavy (non-hydrogen) atoms. The summed E-state index contributed by atoms with van der Waals surface area (Å²) in [4.78, 5) is 22.7. The van der Waals surface area contributed by atoms with Crippen LogP contribution in [-0.4, -0.2) is 23.6 Å². The third-order valence-electron chi connectivity index (χ3n) is 4.99. The number of carbonyl (C=O) groups excluding carboxylic acids is 2. The maximum Gasteiger partial charge on any atom is 0.225 e. The molecule has 1 aliphatic heterocycles. The molecule has 1 aromatic carbocycles. The Morgan fingerprint density at radius 1 is 1.23 bits per heavy atom. The Hall–Kier alpha value is -1.49. The van der Waals surface area contributed by atoms with Crippen LogP contribution in [0.5, 0.6) is 0 Å². The molecule has 1 aromatic rings. The first-order valence-corrected chi connectivity index (χ1v) is 10.2. The number of anilines is 1. The molecular formula is C21H34N2O2S. The topological polar surface area (TPSA) is 58.2 Å². The van der Waals surface area contributed by atoms with Gasteiger partial charge in [-0.3, -0.25) is 9.59 Å². The standard InChI is InChI=1S/C12H17NOS.C9H17NO/c1-8-6-11(7-9(2)10(8)3)13-12(14)4-5-15;1-3-8-6-4-5-7(2)10-9(8)11/h6-7,15H,4-5H2,1-3H3,(H,13,14);7-8H,3-6H2,1-2H3,(H,10,11). The summed E-state index contributed by atoms with van der Waals surface area (Å²) in [5.74, 6) is 1.14. The summed E-state index contributed by atoms with van der Waals surface area (Å²) in [7, 11) is 0. The van der Waals surface area contributed by atoms with Crippen LogP contribution in [0.3, 0.4) is 0 Å². The quantitative estimate of drug-likeness (QED) is 0.672. The summed E-state index contributed by atoms with van der Waals surface area (Å²) in [6.45, 7) is 10.4. The van der Waals surface area contributed by atoms with Crippen LogP contribution in [0, 0.1) is 26.7 Å². The van der Waals surface area contributed by atoms with E-state index in [0.717, 1.165) is 24.9 Å². The Kier molecular flexibility index (Phi) is 9.78. The fraction of sp³-hybridized carbons (Fsp3) is 0.619. The van der Waals surface area contributed by atoms with Gasteiger partial charge in [-0.15, -0.1) is 0 Å². The zero-order valence-corrected chi connectivity index (χ0v) is 17.7. The molecule has 1 heterocycles. The molecule has 1 saturated heterocycles. The van der Waals surface area contributed by atoms with Crippen molar-refractivity contribution in [1.29, 1.82) is 0 Å². The van der Waals surface area contributed by atoms with Crippen molar-refractivity contribution in [3.05, 3.63) is 28.8 Å². The van der Waals surface area contributed by atoms with Gasteiger partial charge in [-0.1, -0.05) is 13.3 Å². The molecule has 1 aliphatic rings. The van der Waals surface area contributed by atoms with E-state index in [9.17, 15) is 9.59 Å². The number of carbonyl (C=O) groups is 2. The molecule has 2 unspecified atom stereocenters. The Balaban J connectivity index is 0.000000273. The van der Waals surface area contributed by atoms with Gasteiger partial charge in [0, 0.05) is 24.1 Å². The molecule has 0 aromatic heterocycles. The van der Waals surface area contributed by atoms with Crippen LogP contribution in [0.25, 0.3) is 0 Å². The van der Waals surface area contributed by atoms with E-state index in [0.29, 0.717) is 18.2 Å². The summed E-state index contributed by atoms with van der Waals surface area (Å²) in [5.41, 5.74) is 4.57. The molecule has 5 heteroatoms. The van der Waals surface area contributed by atoms with Crippen LogP contribution in [0.2, 0.25) is 0 Å². The average Bonchev–Trinajstić information content (AvgIpc) is 2.73. The van der Waals surface area contributed by atoms with Gasteiger partial charge in [0.25, 0.3) is 0 Å². The second-order valence-corrected chi connectivity index (χ2v) is 7.65. The summed E-state index contributed by atoms with van der Waals surface area (Å²) < 4.78 is 0. The van der Waals surface area contributed by atoms with Gasteiger partial charge in [-0.25, -0.2) is 0 Å². The molecule has 0 radical (unpaired) electrons. The van der Waals surface area contributed by atoms with Crippen LogP contribution in [0.1, 0.15) is 62.6 Å². The Labute approximate surface area is 163 Å². The minimum atomic E-state index is 0.0210. The van der Waals surface area contributed by atoms with Crippen molar-refractivity contribution in [2.75, 3.05) is 11.1 Å². The zero-order chi connectivity index (χ0) is 19.7. The molecule has 0 spiro atoms. The number of benzene rings is 1. The third kappa shape index (κ3) is 7.40. The van der Waals surface area contributed by atoms with Crippen molar-refractivity contribution in [1.82, 2.24) is 5.32 Å². The lowest BCUT2D eigenvalue weighted by molar-refractivity contribution is -0.125. The SMILES string of the molecule is CCC1CCCC(C)NC1=O.Cc1cc(NC(=O)CCS)cc(C)c1C. The van der Waals surface area contributed by atoms with Crippen molar-refractivity contribution in [2.24, 2.45) is 5.92 Å². The Morgan fingerprint density at radius 2 is 1.85 bits per heavy atom. The van der Waals surface area contributed by atoms with Gasteiger partial charge in [0.2, 0.25) is 11.8 Å². The predicted octanol–water partition coefficient (Wildman–Crippen LogP) is 4.57. The fourth-order valence-electron chi connectivity index (χ4n) is 3.06. The van der Waals surface area contributed by atoms with Crippen molar-refractivity contribution in [3.63, 3.8) is 0 Å². The summed E-state index contributed by atoms with van der Waals surface area (Å²) in [6, 6.07) is 4.39. The van der Waals surface area contributed by atoms with E-state index in [-0.39, 0.29) is 17.7 Å². The molecule has 4 nitrogen and oxygen atoms in total. The minimum Gasteiger partial charge on any atom is -0.353 e. The maximum absolute atomic E-state index is 11.4. The first-order chi connectivity index (χ1) is 12.3. The smallest absolute Gasteiger partial charge is 0.225 e. The van der Waals surface area contributed by atoms with E-state index in [1.807, 2.05) is 12.1 Å². The average molecular weight is 379 g/mol. The van der Waals surface area contributed by atoms with Crippen molar-refractivity contribution in [3.8, 4) is 0 Å². The van der Waals surface area contributed by atoms with E-state index in [1.54, 1.807) is 0 Å². The molecule has 0 saturated carbocycles. The number of hydrogen-bond acceptors (Lipinski definition) is 3. The number of nitrogens with one attached hydrogen (secondary N) is 2. The molecule has 1 fully saturated rings. The number of rotatable bonds is 4. The van der Waals surface area contributed by atoms with Gasteiger partial charge in [0.1, 0.15) is 0 Å². The summed E-state index contributed by atoms with van der Waals surface area (Å²) in [6.07, 6.45) is 4.85. The normalized spacial score (nSPS) is 19.7. The van der Waals surface area contributed by atoms with Gasteiger partial charge >= 0.3 is 0 Å². The van der Waals surface area contributed by atoms with E-state index < -0.39 is 0 Å². The largest absolute Gasteiger partial charge is 0.353 e. The van der Waals surface area contributed by atoms with Crippen molar-refractivity contribution in [2.45, 2.75) is 72.8 Å². The van der Waals surface area contributed by atoms with E-state index in [4.69, 9.17) is 0 Å². The maximum atomic E-state index is 11.4. The first kappa shape index (κ1) is 22.6. The number of hydrogen-bond donors (Lipinski definition) is 3. The van der Waals surface area contributed by atoms with Crippen LogP contribution in [0.15, 0.2) is 12.1 Å². The third-order valence-corrected chi connectivity index (χ3v) is 5.22. The molecule has 0 aliphatic carbocycles.